The van der Waals surface area contributed by atoms with Gasteiger partial charge in [-0.2, -0.15) is 0 Å². The third-order valence-corrected chi connectivity index (χ3v) is 5.92. The lowest BCUT2D eigenvalue weighted by Crippen LogP contribution is -2.15. The van der Waals surface area contributed by atoms with Crippen molar-refractivity contribution in [3.05, 3.63) is 12.2 Å². The Morgan fingerprint density at radius 2 is 0.738 bits per heavy atom. The zero-order valence-electron chi connectivity index (χ0n) is 26.2. The highest BCUT2D eigenvalue weighted by Gasteiger charge is 1.97. The molecule has 0 aliphatic heterocycles. The minimum Gasteiger partial charge on any atom is -0.481 e. The van der Waals surface area contributed by atoms with Crippen molar-refractivity contribution in [3.8, 4) is 0 Å². The fourth-order valence-electron chi connectivity index (χ4n) is 3.23. The van der Waals surface area contributed by atoms with E-state index in [1.54, 1.807) is 0 Å². The second-order valence-electron chi connectivity index (χ2n) is 10.2. The number of unbranched alkanes of at least 4 members (excludes halogenated alkanes) is 15. The van der Waals surface area contributed by atoms with Gasteiger partial charge in [-0.1, -0.05) is 96.1 Å². The Morgan fingerprint density at radius 3 is 0.976 bits per heavy atom. The predicted octanol–water partition coefficient (Wildman–Crippen LogP) is 2.66. The largest absolute Gasteiger partial charge is 0.481 e. The molecule has 10 N–H and O–H groups in total. The van der Waals surface area contributed by atoms with Crippen LogP contribution in [0, 0.1) is 0 Å². The Bertz CT molecular complexity index is 471. The average molecular weight is 615 g/mol. The molecular formula is C31H66O11. The highest BCUT2D eigenvalue weighted by molar-refractivity contribution is 5.66. The molecule has 0 atom stereocenters. The molecule has 42 heavy (non-hydrogen) atoms. The Balaban J connectivity index is -0.000000322. The Hall–Kier alpha value is -1.15. The molecule has 0 aromatic heterocycles. The number of aliphatic hydroxyl groups excluding tert-OH is 9. The van der Waals surface area contributed by atoms with E-state index in [1.807, 2.05) is 0 Å². The number of carbonyl (C=O) groups is 1. The van der Waals surface area contributed by atoms with Crippen LogP contribution in [-0.2, 0) is 4.79 Å². The topological polar surface area (TPSA) is 219 Å². The van der Waals surface area contributed by atoms with Crippen LogP contribution >= 0.6 is 0 Å². The molecule has 0 aliphatic rings. The summed E-state index contributed by atoms with van der Waals surface area (Å²) in [5.41, 5.74) is 0. The minimum atomic E-state index is -0.954. The summed E-state index contributed by atoms with van der Waals surface area (Å²) < 4.78 is 0. The molecule has 0 rings (SSSR count). The molecular weight excluding hydrogens is 548 g/mol. The smallest absolute Gasteiger partial charge is 0.303 e. The molecule has 0 spiro atoms. The quantitative estimate of drug-likeness (QED) is 0.0532. The first-order chi connectivity index (χ1) is 20.2. The summed E-state index contributed by atoms with van der Waals surface area (Å²) in [6.07, 6.45) is 24.3. The second-order valence-corrected chi connectivity index (χ2v) is 10.2. The summed E-state index contributed by atoms with van der Waals surface area (Å²) >= 11 is 0. The van der Waals surface area contributed by atoms with Crippen molar-refractivity contribution in [3.63, 3.8) is 0 Å². The first kappa shape index (κ1) is 47.8. The number of hydrogen-bond donors (Lipinski definition) is 10. The maximum Gasteiger partial charge on any atom is 0.303 e. The molecule has 0 saturated heterocycles. The van der Waals surface area contributed by atoms with E-state index in [2.05, 4.69) is 19.1 Å². The second kappa shape index (κ2) is 44.3. The standard InChI is InChI=1S/C22H42O2.3C3H8O3/c1-2-3-4-5-6-7-8-9-10-11-12-13-14-15-16-17-18-19-20-21-22(23)24;3*4-1-3(6)2-5/h9-10H,2-8,11-21H2,1H3,(H,23,24);3*3-6H,1-2H2/b10-9-;;;. The molecule has 11 nitrogen and oxygen atoms in total. The van der Waals surface area contributed by atoms with Crippen LogP contribution in [0.4, 0.5) is 0 Å². The van der Waals surface area contributed by atoms with Gasteiger partial charge >= 0.3 is 5.97 Å². The average Bonchev–Trinajstić information content (AvgIpc) is 3.01. The van der Waals surface area contributed by atoms with Gasteiger partial charge in [-0.15, -0.1) is 0 Å². The van der Waals surface area contributed by atoms with Crippen molar-refractivity contribution < 1.29 is 55.9 Å². The highest BCUT2D eigenvalue weighted by atomic mass is 16.4. The molecule has 0 fully saturated rings. The molecule has 0 radical (unpaired) electrons. The first-order valence-electron chi connectivity index (χ1n) is 15.8. The van der Waals surface area contributed by atoms with E-state index in [9.17, 15) is 4.79 Å². The van der Waals surface area contributed by atoms with E-state index >= 15 is 0 Å². The molecule has 0 saturated carbocycles. The van der Waals surface area contributed by atoms with Gasteiger partial charge in [0.2, 0.25) is 0 Å². The zero-order valence-corrected chi connectivity index (χ0v) is 26.2. The SMILES string of the molecule is CCCCCCCC/C=C\CCCCCCCCCCCC(=O)O.OCC(O)CO.OCC(O)CO.OCC(O)CO. The molecule has 256 valence electrons. The van der Waals surface area contributed by atoms with Gasteiger partial charge in [-0.3, -0.25) is 4.79 Å². The van der Waals surface area contributed by atoms with Crippen molar-refractivity contribution >= 4 is 5.97 Å². The lowest BCUT2D eigenvalue weighted by Gasteiger charge is -2.01. The lowest BCUT2D eigenvalue weighted by molar-refractivity contribution is -0.137. The van der Waals surface area contributed by atoms with Gasteiger partial charge in [0.05, 0.1) is 39.6 Å². The van der Waals surface area contributed by atoms with Crippen LogP contribution < -0.4 is 0 Å². The van der Waals surface area contributed by atoms with Gasteiger partial charge in [-0.05, 0) is 32.1 Å². The Labute approximate surface area is 254 Å². The number of aliphatic carboxylic acids is 1. The van der Waals surface area contributed by atoms with E-state index in [4.69, 9.17) is 51.1 Å². The van der Waals surface area contributed by atoms with Crippen molar-refractivity contribution in [2.45, 2.75) is 141 Å². The number of hydrogen-bond acceptors (Lipinski definition) is 10. The maximum absolute atomic E-state index is 10.4. The summed E-state index contributed by atoms with van der Waals surface area (Å²) in [6.45, 7) is 0.0842. The van der Waals surface area contributed by atoms with Crippen molar-refractivity contribution in [1.29, 1.82) is 0 Å². The zero-order chi connectivity index (χ0) is 32.7. The molecule has 11 heteroatoms. The van der Waals surface area contributed by atoms with E-state index < -0.39 is 24.3 Å². The van der Waals surface area contributed by atoms with Crippen LogP contribution in [0.5, 0.6) is 0 Å². The molecule has 0 aromatic carbocycles. The fourth-order valence-corrected chi connectivity index (χ4v) is 3.23. The number of rotatable bonds is 25. The van der Waals surface area contributed by atoms with Crippen LogP contribution in [0.25, 0.3) is 0 Å². The van der Waals surface area contributed by atoms with Crippen LogP contribution in [-0.4, -0.2) is 115 Å². The summed E-state index contributed by atoms with van der Waals surface area (Å²) in [5, 5.41) is 80.6. The fraction of sp³-hybridized carbons (Fsp3) is 0.903. The van der Waals surface area contributed by atoms with Crippen LogP contribution in [0.3, 0.4) is 0 Å². The van der Waals surface area contributed by atoms with Gasteiger partial charge in [0.15, 0.2) is 0 Å². The normalized spacial score (nSPS) is 10.8. The predicted molar refractivity (Wildman–Crippen MR) is 166 cm³/mol. The third-order valence-electron chi connectivity index (χ3n) is 5.92. The molecule has 0 heterocycles. The maximum atomic E-state index is 10.4. The Morgan fingerprint density at radius 1 is 0.476 bits per heavy atom. The van der Waals surface area contributed by atoms with Crippen molar-refractivity contribution in [2.24, 2.45) is 0 Å². The van der Waals surface area contributed by atoms with Gasteiger partial charge in [0.25, 0.3) is 0 Å². The summed E-state index contributed by atoms with van der Waals surface area (Å²) in [5.74, 6) is -0.656. The number of aliphatic hydroxyl groups is 9. The summed E-state index contributed by atoms with van der Waals surface area (Å²) in [4.78, 5) is 10.4. The number of carboxylic acid groups (broad SMARTS) is 1. The molecule has 0 aliphatic carbocycles. The number of carboxylic acids is 1. The first-order valence-corrected chi connectivity index (χ1v) is 15.8. The van der Waals surface area contributed by atoms with E-state index in [0.29, 0.717) is 6.42 Å². The molecule has 0 bridgehead atoms. The minimum absolute atomic E-state index is 0.340. The number of allylic oxidation sites excluding steroid dienone is 2. The van der Waals surface area contributed by atoms with Gasteiger partial charge < -0.3 is 51.1 Å². The monoisotopic (exact) mass is 614 g/mol. The van der Waals surface area contributed by atoms with Crippen molar-refractivity contribution in [2.75, 3.05) is 39.6 Å². The van der Waals surface area contributed by atoms with Gasteiger partial charge in [0, 0.05) is 6.42 Å². The third kappa shape index (κ3) is 54.9. The van der Waals surface area contributed by atoms with Gasteiger partial charge in [-0.25, -0.2) is 0 Å². The summed E-state index contributed by atoms with van der Waals surface area (Å²) in [6, 6.07) is 0. The van der Waals surface area contributed by atoms with Crippen LogP contribution in [0.15, 0.2) is 12.2 Å². The van der Waals surface area contributed by atoms with E-state index in [-0.39, 0.29) is 39.6 Å². The molecule has 0 amide bonds. The van der Waals surface area contributed by atoms with Crippen LogP contribution in [0.1, 0.15) is 122 Å². The van der Waals surface area contributed by atoms with E-state index in [0.717, 1.165) is 12.8 Å². The highest BCUT2D eigenvalue weighted by Crippen LogP contribution is 2.12. The molecule has 0 aromatic rings. The van der Waals surface area contributed by atoms with Crippen molar-refractivity contribution in [1.82, 2.24) is 0 Å². The lowest BCUT2D eigenvalue weighted by atomic mass is 10.1. The Kier molecular flexibility index (Phi) is 50.4. The summed E-state index contributed by atoms with van der Waals surface area (Å²) in [7, 11) is 0. The van der Waals surface area contributed by atoms with Crippen LogP contribution in [0.2, 0.25) is 0 Å². The van der Waals surface area contributed by atoms with Gasteiger partial charge in [0.1, 0.15) is 18.3 Å². The molecule has 0 unspecified atom stereocenters. The van der Waals surface area contributed by atoms with E-state index in [1.165, 1.54) is 96.3 Å².